The third-order valence-corrected chi connectivity index (χ3v) is 4.94. The maximum Gasteiger partial charge on any atom is 0.252 e. The molecule has 18 heavy (non-hydrogen) atoms. The first-order valence-electron chi connectivity index (χ1n) is 6.35. The molecule has 0 bridgehead atoms. The number of hydrogen-bond acceptors (Lipinski definition) is 1. The van der Waals surface area contributed by atoms with Crippen LogP contribution in [0.3, 0.4) is 0 Å². The highest BCUT2D eigenvalue weighted by Crippen LogP contribution is 2.60. The van der Waals surface area contributed by atoms with Crippen molar-refractivity contribution < 1.29 is 9.18 Å². The van der Waals surface area contributed by atoms with Gasteiger partial charge in [-0.3, -0.25) is 4.79 Å². The maximum absolute atomic E-state index is 13.3. The molecule has 2 saturated carbocycles. The summed E-state index contributed by atoms with van der Waals surface area (Å²) in [7, 11) is 0. The first-order chi connectivity index (χ1) is 8.62. The minimum absolute atomic E-state index is 0.187. The van der Waals surface area contributed by atoms with Crippen molar-refractivity contribution in [1.82, 2.24) is 5.32 Å². The Labute approximate surface area is 114 Å². The highest BCUT2D eigenvalue weighted by molar-refractivity contribution is 9.10. The smallest absolute Gasteiger partial charge is 0.252 e. The molecule has 0 aromatic heterocycles. The molecule has 0 unspecified atom stereocenters. The van der Waals surface area contributed by atoms with Gasteiger partial charge in [-0.05, 0) is 65.1 Å². The van der Waals surface area contributed by atoms with Gasteiger partial charge in [-0.25, -0.2) is 4.39 Å². The zero-order chi connectivity index (χ0) is 12.8. The van der Waals surface area contributed by atoms with E-state index in [0.717, 1.165) is 12.5 Å². The third-order valence-electron chi connectivity index (χ3n) is 4.13. The second-order valence-electron chi connectivity index (χ2n) is 5.42. The summed E-state index contributed by atoms with van der Waals surface area (Å²) in [6.07, 6.45) is 5.06. The van der Waals surface area contributed by atoms with Crippen molar-refractivity contribution in [3.8, 4) is 0 Å². The SMILES string of the molecule is O=C(NCC1(C2CC2)CC1)c1cccc(F)c1Br. The molecule has 0 saturated heterocycles. The van der Waals surface area contributed by atoms with Crippen LogP contribution in [0.25, 0.3) is 0 Å². The molecule has 0 spiro atoms. The Kier molecular flexibility index (Phi) is 2.93. The molecule has 2 aliphatic rings. The van der Waals surface area contributed by atoms with Crippen molar-refractivity contribution in [3.63, 3.8) is 0 Å². The molecule has 0 atom stereocenters. The van der Waals surface area contributed by atoms with Crippen molar-refractivity contribution in [1.29, 1.82) is 0 Å². The summed E-state index contributed by atoms with van der Waals surface area (Å²) in [6, 6.07) is 4.54. The lowest BCUT2D eigenvalue weighted by Gasteiger charge is -2.15. The quantitative estimate of drug-likeness (QED) is 0.906. The molecule has 0 radical (unpaired) electrons. The zero-order valence-corrected chi connectivity index (χ0v) is 11.6. The Hall–Kier alpha value is -0.900. The van der Waals surface area contributed by atoms with Crippen LogP contribution in [-0.4, -0.2) is 12.5 Å². The molecule has 2 fully saturated rings. The average molecular weight is 312 g/mol. The van der Waals surface area contributed by atoms with Crippen LogP contribution in [0.5, 0.6) is 0 Å². The Morgan fingerprint density at radius 3 is 2.78 bits per heavy atom. The molecule has 0 heterocycles. The number of halogens is 2. The van der Waals surface area contributed by atoms with Crippen LogP contribution in [-0.2, 0) is 0 Å². The van der Waals surface area contributed by atoms with E-state index in [4.69, 9.17) is 0 Å². The Morgan fingerprint density at radius 2 is 2.17 bits per heavy atom. The molecule has 1 amide bonds. The number of rotatable bonds is 4. The van der Waals surface area contributed by atoms with Gasteiger partial charge in [0.25, 0.3) is 5.91 Å². The van der Waals surface area contributed by atoms with Crippen molar-refractivity contribution in [2.24, 2.45) is 11.3 Å². The van der Waals surface area contributed by atoms with Crippen molar-refractivity contribution in [2.75, 3.05) is 6.54 Å². The van der Waals surface area contributed by atoms with Crippen LogP contribution in [0.15, 0.2) is 22.7 Å². The summed E-state index contributed by atoms with van der Waals surface area (Å²) in [5, 5.41) is 2.96. The van der Waals surface area contributed by atoms with Crippen LogP contribution in [0.1, 0.15) is 36.0 Å². The third kappa shape index (κ3) is 2.18. The summed E-state index contributed by atoms with van der Waals surface area (Å²) in [5.41, 5.74) is 0.747. The van der Waals surface area contributed by atoms with E-state index in [1.165, 1.54) is 31.7 Å². The summed E-state index contributed by atoms with van der Waals surface area (Å²) >= 11 is 3.12. The number of amides is 1. The average Bonchev–Trinajstić information content (AvgIpc) is 3.22. The van der Waals surface area contributed by atoms with Gasteiger partial charge in [-0.1, -0.05) is 6.07 Å². The highest BCUT2D eigenvalue weighted by Gasteiger charge is 2.53. The second kappa shape index (κ2) is 4.34. The Balaban J connectivity index is 1.66. The zero-order valence-electron chi connectivity index (χ0n) is 10.0. The largest absolute Gasteiger partial charge is 0.351 e. The fourth-order valence-corrected chi connectivity index (χ4v) is 3.06. The Morgan fingerprint density at radius 1 is 1.44 bits per heavy atom. The van der Waals surface area contributed by atoms with Crippen molar-refractivity contribution >= 4 is 21.8 Å². The lowest BCUT2D eigenvalue weighted by atomic mass is 10.0. The van der Waals surface area contributed by atoms with Gasteiger partial charge in [0, 0.05) is 6.54 Å². The minimum atomic E-state index is -0.397. The molecular weight excluding hydrogens is 297 g/mol. The fourth-order valence-electron chi connectivity index (χ4n) is 2.62. The van der Waals surface area contributed by atoms with Crippen LogP contribution in [0.2, 0.25) is 0 Å². The highest BCUT2D eigenvalue weighted by atomic mass is 79.9. The molecule has 96 valence electrons. The first-order valence-corrected chi connectivity index (χ1v) is 7.14. The van der Waals surface area contributed by atoms with E-state index >= 15 is 0 Å². The monoisotopic (exact) mass is 311 g/mol. The molecule has 1 aromatic rings. The molecule has 4 heteroatoms. The van der Waals surface area contributed by atoms with Crippen molar-refractivity contribution in [3.05, 3.63) is 34.1 Å². The predicted octanol–water partition coefficient (Wildman–Crippen LogP) is 3.51. The number of carbonyl (C=O) groups is 1. The number of benzene rings is 1. The topological polar surface area (TPSA) is 29.1 Å². The van der Waals surface area contributed by atoms with E-state index < -0.39 is 5.82 Å². The molecule has 2 aliphatic carbocycles. The van der Waals surface area contributed by atoms with E-state index in [1.54, 1.807) is 12.1 Å². The summed E-state index contributed by atoms with van der Waals surface area (Å²) < 4.78 is 13.6. The van der Waals surface area contributed by atoms with E-state index in [2.05, 4.69) is 21.2 Å². The summed E-state index contributed by atoms with van der Waals surface area (Å²) in [4.78, 5) is 12.0. The standard InChI is InChI=1S/C14H15BrFNO/c15-12-10(2-1-3-11(12)16)13(18)17-8-14(6-7-14)9-4-5-9/h1-3,9H,4-8H2,(H,17,18). The molecule has 1 aromatic carbocycles. The molecule has 3 rings (SSSR count). The fraction of sp³-hybridized carbons (Fsp3) is 0.500. The molecule has 0 aliphatic heterocycles. The molecule has 2 nitrogen and oxygen atoms in total. The second-order valence-corrected chi connectivity index (χ2v) is 6.21. The minimum Gasteiger partial charge on any atom is -0.351 e. The van der Waals surface area contributed by atoms with Gasteiger partial charge < -0.3 is 5.32 Å². The van der Waals surface area contributed by atoms with Gasteiger partial charge >= 0.3 is 0 Å². The Bertz CT molecular complexity index is 495. The molecule has 1 N–H and O–H groups in total. The number of carbonyl (C=O) groups excluding carboxylic acids is 1. The molecular formula is C14H15BrFNO. The lowest BCUT2D eigenvalue weighted by Crippen LogP contribution is -2.31. The summed E-state index contributed by atoms with van der Waals surface area (Å²) in [5.74, 6) is 0.230. The van der Waals surface area contributed by atoms with Crippen LogP contribution < -0.4 is 5.32 Å². The van der Waals surface area contributed by atoms with E-state index in [0.29, 0.717) is 11.0 Å². The van der Waals surface area contributed by atoms with Crippen LogP contribution in [0.4, 0.5) is 4.39 Å². The van der Waals surface area contributed by atoms with Crippen LogP contribution in [0, 0.1) is 17.2 Å². The van der Waals surface area contributed by atoms with Gasteiger partial charge in [-0.15, -0.1) is 0 Å². The first kappa shape index (κ1) is 12.2. The van der Waals surface area contributed by atoms with Crippen LogP contribution >= 0.6 is 15.9 Å². The normalized spacial score (nSPS) is 20.6. The van der Waals surface area contributed by atoms with Gasteiger partial charge in [0.05, 0.1) is 10.0 Å². The van der Waals surface area contributed by atoms with Crippen molar-refractivity contribution in [2.45, 2.75) is 25.7 Å². The lowest BCUT2D eigenvalue weighted by molar-refractivity contribution is 0.0941. The predicted molar refractivity (Wildman–Crippen MR) is 70.8 cm³/mol. The summed E-state index contributed by atoms with van der Waals surface area (Å²) in [6.45, 7) is 0.736. The van der Waals surface area contributed by atoms with Gasteiger partial charge in [-0.2, -0.15) is 0 Å². The maximum atomic E-state index is 13.3. The van der Waals surface area contributed by atoms with E-state index in [1.807, 2.05) is 0 Å². The van der Waals surface area contributed by atoms with Gasteiger partial charge in [0.1, 0.15) is 5.82 Å². The van der Waals surface area contributed by atoms with Gasteiger partial charge in [0.2, 0.25) is 0 Å². The number of nitrogens with one attached hydrogen (secondary N) is 1. The van der Waals surface area contributed by atoms with E-state index in [-0.39, 0.29) is 10.4 Å². The number of hydrogen-bond donors (Lipinski definition) is 1. The van der Waals surface area contributed by atoms with E-state index in [9.17, 15) is 9.18 Å². The van der Waals surface area contributed by atoms with Gasteiger partial charge in [0.15, 0.2) is 0 Å².